The zero-order valence-corrected chi connectivity index (χ0v) is 14.5. The number of benzene rings is 1. The van der Waals surface area contributed by atoms with E-state index < -0.39 is 11.6 Å². The third kappa shape index (κ3) is 6.30. The number of halogens is 2. The zero-order valence-electron chi connectivity index (χ0n) is 14.5. The predicted octanol–water partition coefficient (Wildman–Crippen LogP) is 1.12. The lowest BCUT2D eigenvalue weighted by Crippen LogP contribution is -2.44. The van der Waals surface area contributed by atoms with Crippen molar-refractivity contribution in [3.8, 4) is 0 Å². The molecule has 0 aliphatic carbocycles. The number of nitrogens with zero attached hydrogens (tertiary/aromatic N) is 2. The number of amides is 1. The fraction of sp³-hybridized carbons (Fsp3) is 0.529. The van der Waals surface area contributed by atoms with E-state index in [4.69, 9.17) is 4.74 Å². The Morgan fingerprint density at radius 2 is 2.16 bits per heavy atom. The Morgan fingerprint density at radius 1 is 1.36 bits per heavy atom. The van der Waals surface area contributed by atoms with Crippen molar-refractivity contribution in [2.45, 2.75) is 13.0 Å². The van der Waals surface area contributed by atoms with Crippen LogP contribution in [-0.2, 0) is 16.1 Å². The van der Waals surface area contributed by atoms with Gasteiger partial charge in [0.15, 0.2) is 5.96 Å². The largest absolute Gasteiger partial charge is 0.381 e. The number of hydrogen-bond donors (Lipinski definition) is 2. The van der Waals surface area contributed by atoms with E-state index in [2.05, 4.69) is 15.6 Å². The molecule has 1 fully saturated rings. The summed E-state index contributed by atoms with van der Waals surface area (Å²) in [7, 11) is 3.32. The molecule has 138 valence electrons. The van der Waals surface area contributed by atoms with E-state index in [0.29, 0.717) is 25.0 Å². The molecule has 1 aliphatic rings. The molecule has 1 unspecified atom stereocenters. The van der Waals surface area contributed by atoms with Gasteiger partial charge in [0.2, 0.25) is 5.91 Å². The van der Waals surface area contributed by atoms with Gasteiger partial charge in [-0.15, -0.1) is 0 Å². The molecule has 0 bridgehead atoms. The Labute approximate surface area is 146 Å². The number of hydrogen-bond acceptors (Lipinski definition) is 3. The van der Waals surface area contributed by atoms with Crippen molar-refractivity contribution in [2.24, 2.45) is 10.9 Å². The number of aliphatic imine (C=N–C) groups is 1. The van der Waals surface area contributed by atoms with Crippen molar-refractivity contribution in [3.63, 3.8) is 0 Å². The van der Waals surface area contributed by atoms with Gasteiger partial charge in [-0.05, 0) is 24.6 Å². The summed E-state index contributed by atoms with van der Waals surface area (Å²) in [5.74, 6) is -0.401. The van der Waals surface area contributed by atoms with Crippen molar-refractivity contribution in [1.29, 1.82) is 0 Å². The van der Waals surface area contributed by atoms with Gasteiger partial charge in [0.25, 0.3) is 0 Å². The van der Waals surface area contributed by atoms with Crippen molar-refractivity contribution < 1.29 is 18.3 Å². The number of carbonyl (C=O) groups excluding carboxylic acids is 1. The van der Waals surface area contributed by atoms with E-state index in [0.717, 1.165) is 31.2 Å². The molecule has 1 amide bonds. The van der Waals surface area contributed by atoms with E-state index in [1.54, 1.807) is 14.1 Å². The summed E-state index contributed by atoms with van der Waals surface area (Å²) >= 11 is 0. The Kier molecular flexibility index (Phi) is 7.12. The Balaban J connectivity index is 2.00. The Morgan fingerprint density at radius 3 is 2.84 bits per heavy atom. The molecular formula is C17H24F2N4O2. The van der Waals surface area contributed by atoms with Crippen LogP contribution in [0.3, 0.4) is 0 Å². The van der Waals surface area contributed by atoms with Crippen molar-refractivity contribution in [2.75, 3.05) is 40.4 Å². The van der Waals surface area contributed by atoms with Gasteiger partial charge in [-0.2, -0.15) is 0 Å². The van der Waals surface area contributed by atoms with E-state index in [1.165, 1.54) is 4.90 Å². The molecule has 6 nitrogen and oxygen atoms in total. The number of likely N-dealkylation sites (N-methyl/N-ethyl adjacent to an activating group) is 1. The molecule has 1 aromatic rings. The molecule has 1 atom stereocenters. The summed E-state index contributed by atoms with van der Waals surface area (Å²) in [4.78, 5) is 17.5. The first-order valence-electron chi connectivity index (χ1n) is 8.19. The maximum absolute atomic E-state index is 13.7. The molecule has 1 saturated heterocycles. The number of guanidine groups is 1. The highest BCUT2D eigenvalue weighted by Gasteiger charge is 2.16. The lowest BCUT2D eigenvalue weighted by molar-refractivity contribution is -0.127. The van der Waals surface area contributed by atoms with E-state index in [-0.39, 0.29) is 24.6 Å². The molecule has 0 aromatic heterocycles. The minimum absolute atomic E-state index is 0.0315. The van der Waals surface area contributed by atoms with Crippen LogP contribution in [0.15, 0.2) is 23.2 Å². The van der Waals surface area contributed by atoms with Gasteiger partial charge >= 0.3 is 0 Å². The zero-order chi connectivity index (χ0) is 18.2. The van der Waals surface area contributed by atoms with Gasteiger partial charge in [-0.3, -0.25) is 4.79 Å². The van der Waals surface area contributed by atoms with Crippen molar-refractivity contribution >= 4 is 11.9 Å². The van der Waals surface area contributed by atoms with Crippen LogP contribution >= 0.6 is 0 Å². The summed E-state index contributed by atoms with van der Waals surface area (Å²) in [6.07, 6.45) is 0.954. The lowest BCUT2D eigenvalue weighted by atomic mass is 10.1. The monoisotopic (exact) mass is 354 g/mol. The molecule has 2 rings (SSSR count). The third-order valence-corrected chi connectivity index (χ3v) is 3.90. The van der Waals surface area contributed by atoms with Crippen LogP contribution in [-0.4, -0.2) is 57.2 Å². The second-order valence-electron chi connectivity index (χ2n) is 6.15. The van der Waals surface area contributed by atoms with Crippen LogP contribution in [0.2, 0.25) is 0 Å². The molecule has 1 aromatic carbocycles. The van der Waals surface area contributed by atoms with Gasteiger partial charge in [-0.1, -0.05) is 0 Å². The maximum atomic E-state index is 13.7. The third-order valence-electron chi connectivity index (χ3n) is 3.90. The first-order valence-corrected chi connectivity index (χ1v) is 8.19. The summed E-state index contributed by atoms with van der Waals surface area (Å²) in [6.45, 7) is 2.07. The van der Waals surface area contributed by atoms with E-state index >= 15 is 0 Å². The summed E-state index contributed by atoms with van der Waals surface area (Å²) in [6, 6.07) is 3.26. The summed E-state index contributed by atoms with van der Waals surface area (Å²) in [5, 5.41) is 6.05. The fourth-order valence-corrected chi connectivity index (χ4v) is 2.31. The van der Waals surface area contributed by atoms with Crippen LogP contribution in [0, 0.1) is 17.6 Å². The Hall–Kier alpha value is -2.22. The normalized spacial score (nSPS) is 17.4. The van der Waals surface area contributed by atoms with E-state index in [9.17, 15) is 13.6 Å². The minimum atomic E-state index is -0.516. The Bertz CT molecular complexity index is 617. The van der Waals surface area contributed by atoms with Gasteiger partial charge in [0.05, 0.1) is 19.7 Å². The van der Waals surface area contributed by atoms with Crippen molar-refractivity contribution in [1.82, 2.24) is 15.5 Å². The molecule has 1 heterocycles. The molecular weight excluding hydrogens is 330 g/mol. The summed E-state index contributed by atoms with van der Waals surface area (Å²) < 4.78 is 32.3. The number of ether oxygens (including phenoxy) is 1. The standard InChI is InChI=1S/C17H24F2N4O2/c1-23(2)16(24)10-22-17(20-8-12-5-6-25-11-12)21-9-13-7-14(18)3-4-15(13)19/h3-4,7,12H,5-6,8-11H2,1-2H3,(H2,20,21,22). The molecule has 0 saturated carbocycles. The minimum Gasteiger partial charge on any atom is -0.381 e. The SMILES string of the molecule is CN(C)C(=O)CNC(=NCc1cc(F)ccc1F)NCC1CCOC1. The number of rotatable bonds is 6. The first-order chi connectivity index (χ1) is 12.0. The molecule has 0 spiro atoms. The smallest absolute Gasteiger partial charge is 0.241 e. The lowest BCUT2D eigenvalue weighted by Gasteiger charge is -2.16. The van der Waals surface area contributed by atoms with Crippen LogP contribution < -0.4 is 10.6 Å². The van der Waals surface area contributed by atoms with Crippen LogP contribution in [0.4, 0.5) is 8.78 Å². The number of carbonyl (C=O) groups is 1. The van der Waals surface area contributed by atoms with Gasteiger partial charge in [0, 0.05) is 38.7 Å². The highest BCUT2D eigenvalue weighted by molar-refractivity contribution is 5.86. The van der Waals surface area contributed by atoms with Crippen LogP contribution in [0.25, 0.3) is 0 Å². The predicted molar refractivity (Wildman–Crippen MR) is 91.1 cm³/mol. The van der Waals surface area contributed by atoms with Crippen LogP contribution in [0.1, 0.15) is 12.0 Å². The molecule has 1 aliphatic heterocycles. The van der Waals surface area contributed by atoms with Gasteiger partial charge in [0.1, 0.15) is 11.6 Å². The maximum Gasteiger partial charge on any atom is 0.241 e. The first kappa shape index (κ1) is 19.1. The average molecular weight is 354 g/mol. The number of nitrogens with one attached hydrogen (secondary N) is 2. The van der Waals surface area contributed by atoms with Crippen molar-refractivity contribution in [3.05, 3.63) is 35.4 Å². The molecule has 2 N–H and O–H groups in total. The average Bonchev–Trinajstić information content (AvgIpc) is 3.10. The van der Waals surface area contributed by atoms with Crippen LogP contribution in [0.5, 0.6) is 0 Å². The molecule has 8 heteroatoms. The molecule has 0 radical (unpaired) electrons. The topological polar surface area (TPSA) is 66.0 Å². The van der Waals surface area contributed by atoms with Gasteiger partial charge < -0.3 is 20.3 Å². The molecule has 25 heavy (non-hydrogen) atoms. The van der Waals surface area contributed by atoms with E-state index in [1.807, 2.05) is 0 Å². The van der Waals surface area contributed by atoms with Gasteiger partial charge in [-0.25, -0.2) is 13.8 Å². The highest BCUT2D eigenvalue weighted by Crippen LogP contribution is 2.12. The fourth-order valence-electron chi connectivity index (χ4n) is 2.31. The second kappa shape index (κ2) is 9.31. The second-order valence-corrected chi connectivity index (χ2v) is 6.15. The highest BCUT2D eigenvalue weighted by atomic mass is 19.1. The quantitative estimate of drug-likeness (QED) is 0.594. The summed E-state index contributed by atoms with van der Waals surface area (Å²) in [5.41, 5.74) is 0.157.